The SMILES string of the molecule is Nc1ncccc1NC(=O)c1cc2ccccc2o1. The van der Waals surface area contributed by atoms with E-state index in [1.807, 2.05) is 24.3 Å². The number of carbonyl (C=O) groups is 1. The normalized spacial score (nSPS) is 10.5. The summed E-state index contributed by atoms with van der Waals surface area (Å²) in [5.74, 6) is 0.160. The maximum atomic E-state index is 12.0. The molecule has 1 amide bonds. The van der Waals surface area contributed by atoms with E-state index >= 15 is 0 Å². The summed E-state index contributed by atoms with van der Waals surface area (Å²) < 4.78 is 5.47. The third-order valence-corrected chi connectivity index (χ3v) is 2.74. The molecule has 3 N–H and O–H groups in total. The van der Waals surface area contributed by atoms with E-state index in [0.717, 1.165) is 5.39 Å². The smallest absolute Gasteiger partial charge is 0.291 e. The number of nitrogens with one attached hydrogen (secondary N) is 1. The Labute approximate surface area is 109 Å². The van der Waals surface area contributed by atoms with Crippen molar-refractivity contribution in [3.63, 3.8) is 0 Å². The van der Waals surface area contributed by atoms with Crippen LogP contribution in [-0.4, -0.2) is 10.9 Å². The molecule has 2 aromatic heterocycles. The van der Waals surface area contributed by atoms with E-state index < -0.39 is 0 Å². The minimum absolute atomic E-state index is 0.240. The number of carbonyl (C=O) groups excluding carboxylic acids is 1. The second kappa shape index (κ2) is 4.45. The van der Waals surface area contributed by atoms with Gasteiger partial charge in [0.05, 0.1) is 5.69 Å². The molecule has 0 aliphatic carbocycles. The molecular formula is C14H11N3O2. The average molecular weight is 253 g/mol. The van der Waals surface area contributed by atoms with Crippen molar-refractivity contribution in [1.29, 1.82) is 0 Å². The number of nitrogens with two attached hydrogens (primary N) is 1. The quantitative estimate of drug-likeness (QED) is 0.735. The van der Waals surface area contributed by atoms with E-state index in [4.69, 9.17) is 10.2 Å². The largest absolute Gasteiger partial charge is 0.451 e. The molecular weight excluding hydrogens is 242 g/mol. The first-order valence-electron chi connectivity index (χ1n) is 5.74. The number of amides is 1. The Morgan fingerprint density at radius 3 is 2.84 bits per heavy atom. The lowest BCUT2D eigenvalue weighted by molar-refractivity contribution is 0.0998. The molecule has 0 atom stereocenters. The summed E-state index contributed by atoms with van der Waals surface area (Å²) in [7, 11) is 0. The fraction of sp³-hybridized carbons (Fsp3) is 0. The highest BCUT2D eigenvalue weighted by Gasteiger charge is 2.13. The fourth-order valence-electron chi connectivity index (χ4n) is 1.80. The summed E-state index contributed by atoms with van der Waals surface area (Å²) in [5, 5.41) is 3.55. The van der Waals surface area contributed by atoms with Crippen LogP contribution in [0.2, 0.25) is 0 Å². The third kappa shape index (κ3) is 2.13. The van der Waals surface area contributed by atoms with Crippen molar-refractivity contribution in [1.82, 2.24) is 4.98 Å². The fourth-order valence-corrected chi connectivity index (χ4v) is 1.80. The van der Waals surface area contributed by atoms with Crippen molar-refractivity contribution in [2.24, 2.45) is 0 Å². The first-order valence-corrected chi connectivity index (χ1v) is 5.74. The lowest BCUT2D eigenvalue weighted by Crippen LogP contribution is -2.12. The molecule has 0 unspecified atom stereocenters. The summed E-state index contributed by atoms with van der Waals surface area (Å²) >= 11 is 0. The molecule has 2 heterocycles. The number of benzene rings is 1. The number of aromatic nitrogens is 1. The molecule has 0 aliphatic heterocycles. The Balaban J connectivity index is 1.90. The van der Waals surface area contributed by atoms with Crippen LogP contribution in [0.5, 0.6) is 0 Å². The Morgan fingerprint density at radius 2 is 2.05 bits per heavy atom. The number of hydrogen-bond donors (Lipinski definition) is 2. The van der Waals surface area contributed by atoms with E-state index in [9.17, 15) is 4.79 Å². The van der Waals surface area contributed by atoms with Crippen molar-refractivity contribution in [3.8, 4) is 0 Å². The maximum Gasteiger partial charge on any atom is 0.291 e. The Kier molecular flexibility index (Phi) is 2.64. The van der Waals surface area contributed by atoms with Gasteiger partial charge in [0.15, 0.2) is 5.76 Å². The Morgan fingerprint density at radius 1 is 1.21 bits per heavy atom. The van der Waals surface area contributed by atoms with Crippen LogP contribution in [0.3, 0.4) is 0 Å². The standard InChI is InChI=1S/C14H11N3O2/c15-13-10(5-3-7-16-13)17-14(18)12-8-9-4-1-2-6-11(9)19-12/h1-8H,(H2,15,16)(H,17,18). The predicted molar refractivity (Wildman–Crippen MR) is 72.8 cm³/mol. The monoisotopic (exact) mass is 253 g/mol. The van der Waals surface area contributed by atoms with Gasteiger partial charge in [0, 0.05) is 11.6 Å². The lowest BCUT2D eigenvalue weighted by atomic mass is 10.2. The third-order valence-electron chi connectivity index (χ3n) is 2.74. The number of rotatable bonds is 2. The van der Waals surface area contributed by atoms with E-state index in [2.05, 4.69) is 10.3 Å². The maximum absolute atomic E-state index is 12.0. The van der Waals surface area contributed by atoms with Crippen LogP contribution < -0.4 is 11.1 Å². The number of pyridine rings is 1. The molecule has 19 heavy (non-hydrogen) atoms. The van der Waals surface area contributed by atoms with Crippen LogP contribution in [0.4, 0.5) is 11.5 Å². The molecule has 0 fully saturated rings. The topological polar surface area (TPSA) is 81.1 Å². The highest BCUT2D eigenvalue weighted by Crippen LogP contribution is 2.21. The molecule has 0 aliphatic rings. The molecule has 1 aromatic carbocycles. The van der Waals surface area contributed by atoms with Gasteiger partial charge in [-0.05, 0) is 24.3 Å². The van der Waals surface area contributed by atoms with Crippen molar-refractivity contribution in [2.75, 3.05) is 11.1 Å². The van der Waals surface area contributed by atoms with Crippen LogP contribution >= 0.6 is 0 Å². The number of nitrogens with zero attached hydrogens (tertiary/aromatic N) is 1. The van der Waals surface area contributed by atoms with Gasteiger partial charge < -0.3 is 15.5 Å². The highest BCUT2D eigenvalue weighted by molar-refractivity contribution is 6.05. The van der Waals surface area contributed by atoms with Gasteiger partial charge in [0.1, 0.15) is 11.4 Å². The van der Waals surface area contributed by atoms with E-state index in [0.29, 0.717) is 11.3 Å². The zero-order chi connectivity index (χ0) is 13.2. The first-order chi connectivity index (χ1) is 9.24. The van der Waals surface area contributed by atoms with Crippen LogP contribution in [0, 0.1) is 0 Å². The molecule has 0 saturated carbocycles. The first kappa shape index (κ1) is 11.3. The molecule has 5 heteroatoms. The molecule has 0 saturated heterocycles. The zero-order valence-electron chi connectivity index (χ0n) is 9.96. The summed E-state index contributed by atoms with van der Waals surface area (Å²) in [6.07, 6.45) is 1.56. The number of para-hydroxylation sites is 1. The average Bonchev–Trinajstić information content (AvgIpc) is 2.85. The Hall–Kier alpha value is -2.82. The molecule has 3 rings (SSSR count). The number of nitrogen functional groups attached to an aromatic ring is 1. The van der Waals surface area contributed by atoms with Gasteiger partial charge in [-0.1, -0.05) is 18.2 Å². The molecule has 3 aromatic rings. The van der Waals surface area contributed by atoms with Crippen LogP contribution in [0.15, 0.2) is 53.1 Å². The lowest BCUT2D eigenvalue weighted by Gasteiger charge is -2.04. The van der Waals surface area contributed by atoms with Crippen LogP contribution in [-0.2, 0) is 0 Å². The van der Waals surface area contributed by atoms with Crippen molar-refractivity contribution >= 4 is 28.4 Å². The number of hydrogen-bond acceptors (Lipinski definition) is 4. The van der Waals surface area contributed by atoms with Gasteiger partial charge in [-0.2, -0.15) is 0 Å². The number of furan rings is 1. The number of fused-ring (bicyclic) bond motifs is 1. The van der Waals surface area contributed by atoms with Gasteiger partial charge in [0.25, 0.3) is 5.91 Å². The summed E-state index contributed by atoms with van der Waals surface area (Å²) in [4.78, 5) is 15.9. The van der Waals surface area contributed by atoms with E-state index in [1.54, 1.807) is 24.4 Å². The Bertz CT molecular complexity index is 716. The summed E-state index contributed by atoms with van der Waals surface area (Å²) in [5.41, 5.74) is 6.80. The van der Waals surface area contributed by atoms with Gasteiger partial charge in [-0.3, -0.25) is 4.79 Å². The van der Waals surface area contributed by atoms with E-state index in [-0.39, 0.29) is 17.5 Å². The van der Waals surface area contributed by atoms with Crippen LogP contribution in [0.25, 0.3) is 11.0 Å². The number of anilines is 2. The zero-order valence-corrected chi connectivity index (χ0v) is 9.96. The van der Waals surface area contributed by atoms with Gasteiger partial charge in [-0.15, -0.1) is 0 Å². The summed E-state index contributed by atoms with van der Waals surface area (Å²) in [6, 6.07) is 12.5. The molecule has 5 nitrogen and oxygen atoms in total. The van der Waals surface area contributed by atoms with Crippen molar-refractivity contribution in [3.05, 3.63) is 54.4 Å². The van der Waals surface area contributed by atoms with Gasteiger partial charge in [0.2, 0.25) is 0 Å². The van der Waals surface area contributed by atoms with Gasteiger partial charge in [-0.25, -0.2) is 4.98 Å². The predicted octanol–water partition coefficient (Wildman–Crippen LogP) is 2.66. The van der Waals surface area contributed by atoms with Crippen molar-refractivity contribution in [2.45, 2.75) is 0 Å². The second-order valence-corrected chi connectivity index (χ2v) is 4.04. The molecule has 0 radical (unpaired) electrons. The molecule has 0 bridgehead atoms. The molecule has 94 valence electrons. The highest BCUT2D eigenvalue weighted by atomic mass is 16.3. The van der Waals surface area contributed by atoms with Gasteiger partial charge >= 0.3 is 0 Å². The summed E-state index contributed by atoms with van der Waals surface area (Å²) in [6.45, 7) is 0. The van der Waals surface area contributed by atoms with E-state index in [1.165, 1.54) is 0 Å². The molecule has 0 spiro atoms. The minimum Gasteiger partial charge on any atom is -0.451 e. The second-order valence-electron chi connectivity index (χ2n) is 4.04. The minimum atomic E-state index is -0.351. The van der Waals surface area contributed by atoms with Crippen molar-refractivity contribution < 1.29 is 9.21 Å². The van der Waals surface area contributed by atoms with Crippen LogP contribution in [0.1, 0.15) is 10.6 Å².